The summed E-state index contributed by atoms with van der Waals surface area (Å²) in [5, 5.41) is -0.113. The van der Waals surface area contributed by atoms with Crippen LogP contribution in [0.4, 0.5) is 13.2 Å². The van der Waals surface area contributed by atoms with Crippen molar-refractivity contribution in [1.82, 2.24) is 19.5 Å². The van der Waals surface area contributed by atoms with Crippen molar-refractivity contribution in [2.75, 3.05) is 7.11 Å². The molecule has 3 aromatic rings. The lowest BCUT2D eigenvalue weighted by molar-refractivity contribution is -0.147. The zero-order chi connectivity index (χ0) is 18.4. The molecule has 0 N–H and O–H groups in total. The molecule has 0 radical (unpaired) electrons. The van der Waals surface area contributed by atoms with E-state index in [4.69, 9.17) is 16.3 Å². The van der Waals surface area contributed by atoms with E-state index in [2.05, 4.69) is 15.0 Å². The van der Waals surface area contributed by atoms with Crippen molar-refractivity contribution in [2.45, 2.75) is 6.18 Å². The number of rotatable bonds is 2. The summed E-state index contributed by atoms with van der Waals surface area (Å²) in [5.74, 6) is -1.01. The molecule has 0 bridgehead atoms. The number of nitrogens with zero attached hydrogens (tertiary/aromatic N) is 4. The van der Waals surface area contributed by atoms with Crippen LogP contribution in [0.25, 0.3) is 22.2 Å². The lowest BCUT2D eigenvalue weighted by atomic mass is 10.1. The average molecular weight is 371 g/mol. The number of methoxy groups -OCH3 is 1. The Kier molecular flexibility index (Phi) is 4.11. The van der Waals surface area contributed by atoms with Crippen LogP contribution in [-0.2, 0) is 13.2 Å². The minimum absolute atomic E-state index is 0.0286. The minimum Gasteiger partial charge on any atom is -0.481 e. The van der Waals surface area contributed by atoms with Gasteiger partial charge in [-0.25, -0.2) is 15.0 Å². The highest BCUT2D eigenvalue weighted by Crippen LogP contribution is 2.31. The molecule has 3 rings (SSSR count). The third-order valence-corrected chi connectivity index (χ3v) is 3.70. The number of pyridine rings is 2. The molecule has 0 aliphatic heterocycles. The molecule has 0 aliphatic rings. The van der Waals surface area contributed by atoms with E-state index in [1.807, 2.05) is 0 Å². The van der Waals surface area contributed by atoms with Gasteiger partial charge >= 0.3 is 6.18 Å². The largest absolute Gasteiger partial charge is 0.481 e. The SMILES string of the molecule is COc1ccc(-c2nc(Cl)cc3c(=O)n(C)c(C(F)(F)F)nc23)cn1. The highest BCUT2D eigenvalue weighted by Gasteiger charge is 2.36. The van der Waals surface area contributed by atoms with Crippen molar-refractivity contribution in [3.05, 3.63) is 45.7 Å². The minimum atomic E-state index is -4.79. The van der Waals surface area contributed by atoms with Gasteiger partial charge in [-0.3, -0.25) is 9.36 Å². The van der Waals surface area contributed by atoms with Gasteiger partial charge in [0.2, 0.25) is 11.7 Å². The number of ether oxygens (including phenoxy) is 1. The zero-order valence-corrected chi connectivity index (χ0v) is 13.7. The fourth-order valence-electron chi connectivity index (χ4n) is 2.34. The molecule has 0 aromatic carbocycles. The molecular formula is C15H10ClF3N4O2. The van der Waals surface area contributed by atoms with E-state index in [0.29, 0.717) is 16.0 Å². The molecule has 3 aromatic heterocycles. The first-order valence-corrected chi connectivity index (χ1v) is 7.25. The molecule has 0 unspecified atom stereocenters. The lowest BCUT2D eigenvalue weighted by Gasteiger charge is -2.13. The van der Waals surface area contributed by atoms with Crippen LogP contribution in [0.2, 0.25) is 5.15 Å². The molecule has 0 amide bonds. The van der Waals surface area contributed by atoms with Gasteiger partial charge < -0.3 is 4.74 Å². The number of alkyl halides is 3. The normalized spacial score (nSPS) is 11.8. The van der Waals surface area contributed by atoms with Crippen molar-refractivity contribution in [2.24, 2.45) is 7.05 Å². The summed E-state index contributed by atoms with van der Waals surface area (Å²) in [6.07, 6.45) is -3.44. The van der Waals surface area contributed by atoms with Crippen LogP contribution in [0.3, 0.4) is 0 Å². The van der Waals surface area contributed by atoms with Gasteiger partial charge in [-0.1, -0.05) is 11.6 Å². The van der Waals surface area contributed by atoms with E-state index in [0.717, 1.165) is 7.05 Å². The maximum absolute atomic E-state index is 13.2. The van der Waals surface area contributed by atoms with Gasteiger partial charge in [0.25, 0.3) is 5.56 Å². The van der Waals surface area contributed by atoms with Crippen molar-refractivity contribution in [1.29, 1.82) is 0 Å². The van der Waals surface area contributed by atoms with Gasteiger partial charge in [-0.05, 0) is 12.1 Å². The Balaban J connectivity index is 2.38. The highest BCUT2D eigenvalue weighted by molar-refractivity contribution is 6.30. The van der Waals surface area contributed by atoms with E-state index in [-0.39, 0.29) is 21.7 Å². The van der Waals surface area contributed by atoms with Crippen LogP contribution in [0.1, 0.15) is 5.82 Å². The first kappa shape index (κ1) is 17.2. The third-order valence-electron chi connectivity index (χ3n) is 3.50. The van der Waals surface area contributed by atoms with Gasteiger partial charge in [0.1, 0.15) is 16.4 Å². The second-order valence-corrected chi connectivity index (χ2v) is 5.46. The Bertz CT molecular complexity index is 1020. The van der Waals surface area contributed by atoms with Gasteiger partial charge in [-0.2, -0.15) is 13.2 Å². The van der Waals surface area contributed by atoms with E-state index >= 15 is 0 Å². The van der Waals surface area contributed by atoms with Crippen molar-refractivity contribution in [3.8, 4) is 17.1 Å². The number of halogens is 4. The van der Waals surface area contributed by atoms with Crippen LogP contribution in [0.15, 0.2) is 29.2 Å². The van der Waals surface area contributed by atoms with E-state index in [1.54, 1.807) is 0 Å². The fraction of sp³-hybridized carbons (Fsp3) is 0.200. The average Bonchev–Trinajstić information content (AvgIpc) is 2.57. The predicted molar refractivity (Wildman–Crippen MR) is 84.6 cm³/mol. The predicted octanol–water partition coefficient (Wildman–Crippen LogP) is 3.07. The lowest BCUT2D eigenvalue weighted by Crippen LogP contribution is -2.28. The quantitative estimate of drug-likeness (QED) is 0.648. The molecule has 25 heavy (non-hydrogen) atoms. The van der Waals surface area contributed by atoms with Gasteiger partial charge in [0.05, 0.1) is 12.5 Å². The first-order chi connectivity index (χ1) is 11.7. The topological polar surface area (TPSA) is 69.9 Å². The maximum atomic E-state index is 13.2. The standard InChI is InChI=1S/C15H10ClF3N4O2/c1-23-13(24)8-5-9(16)21-11(7-3-4-10(25-2)20-6-7)12(8)22-14(23)15(17,18)19/h3-6H,1-2H3. The van der Waals surface area contributed by atoms with Crippen LogP contribution < -0.4 is 10.3 Å². The molecule has 10 heteroatoms. The second-order valence-electron chi connectivity index (χ2n) is 5.08. The van der Waals surface area contributed by atoms with Gasteiger partial charge in [-0.15, -0.1) is 0 Å². The van der Waals surface area contributed by atoms with Crippen molar-refractivity contribution in [3.63, 3.8) is 0 Å². The van der Waals surface area contributed by atoms with Crippen LogP contribution in [-0.4, -0.2) is 26.6 Å². The summed E-state index contributed by atoms with van der Waals surface area (Å²) >= 11 is 5.93. The Morgan fingerprint density at radius 3 is 2.52 bits per heavy atom. The third kappa shape index (κ3) is 3.02. The molecular weight excluding hydrogens is 361 g/mol. The van der Waals surface area contributed by atoms with E-state index in [1.165, 1.54) is 31.5 Å². The van der Waals surface area contributed by atoms with Gasteiger partial charge in [0.15, 0.2) is 0 Å². The number of aromatic nitrogens is 4. The zero-order valence-electron chi connectivity index (χ0n) is 12.9. The first-order valence-electron chi connectivity index (χ1n) is 6.87. The molecule has 0 saturated carbocycles. The summed E-state index contributed by atoms with van der Waals surface area (Å²) in [5.41, 5.74) is -0.695. The number of fused-ring (bicyclic) bond motifs is 1. The van der Waals surface area contributed by atoms with E-state index in [9.17, 15) is 18.0 Å². The monoisotopic (exact) mass is 370 g/mol. The molecule has 130 valence electrons. The molecule has 3 heterocycles. The molecule has 0 fully saturated rings. The Labute approximate surface area is 143 Å². The smallest absolute Gasteiger partial charge is 0.449 e. The summed E-state index contributed by atoms with van der Waals surface area (Å²) in [6, 6.07) is 4.23. The van der Waals surface area contributed by atoms with Gasteiger partial charge in [0, 0.05) is 24.9 Å². The van der Waals surface area contributed by atoms with Crippen LogP contribution in [0.5, 0.6) is 5.88 Å². The molecule has 0 saturated heterocycles. The maximum Gasteiger partial charge on any atom is 0.449 e. The Hall–Kier alpha value is -2.68. The second kappa shape index (κ2) is 5.99. The molecule has 0 spiro atoms. The highest BCUT2D eigenvalue weighted by atomic mass is 35.5. The van der Waals surface area contributed by atoms with Crippen LogP contribution >= 0.6 is 11.6 Å². The molecule has 0 atom stereocenters. The summed E-state index contributed by atoms with van der Waals surface area (Å²) < 4.78 is 44.9. The Morgan fingerprint density at radius 2 is 1.96 bits per heavy atom. The number of hydrogen-bond donors (Lipinski definition) is 0. The fourth-order valence-corrected chi connectivity index (χ4v) is 2.53. The van der Waals surface area contributed by atoms with Crippen molar-refractivity contribution < 1.29 is 17.9 Å². The molecule has 6 nitrogen and oxygen atoms in total. The number of hydrogen-bond acceptors (Lipinski definition) is 5. The summed E-state index contributed by atoms with van der Waals surface area (Å²) in [7, 11) is 2.43. The van der Waals surface area contributed by atoms with Crippen LogP contribution in [0, 0.1) is 0 Å². The molecule has 0 aliphatic carbocycles. The van der Waals surface area contributed by atoms with Crippen molar-refractivity contribution >= 4 is 22.5 Å². The Morgan fingerprint density at radius 1 is 1.24 bits per heavy atom. The summed E-state index contributed by atoms with van der Waals surface area (Å²) in [4.78, 5) is 24.0. The summed E-state index contributed by atoms with van der Waals surface area (Å²) in [6.45, 7) is 0. The van der Waals surface area contributed by atoms with E-state index < -0.39 is 17.6 Å².